The Kier molecular flexibility index (Phi) is 3.90. The summed E-state index contributed by atoms with van der Waals surface area (Å²) in [6.07, 6.45) is 6.54. The Morgan fingerprint density at radius 3 is 2.92 bits per heavy atom. The van der Waals surface area contributed by atoms with Gasteiger partial charge in [-0.1, -0.05) is 6.92 Å². The number of imidazole rings is 1. The van der Waals surface area contributed by atoms with Gasteiger partial charge >= 0.3 is 5.69 Å². The standard InChI is InChI=1S/C18H24N4O2/c1-2-16(23)20-10-4-5-14(12-20)22-17-15(6-3-9-19-17)21(18(22)24)11-13-7-8-13/h3,6,9,13-14H,2,4-5,7-8,10-12H2,1H3/t14-/m0/s1. The van der Waals surface area contributed by atoms with Crippen LogP contribution in [-0.2, 0) is 11.3 Å². The fourth-order valence-electron chi connectivity index (χ4n) is 3.79. The van der Waals surface area contributed by atoms with Crippen molar-refractivity contribution in [3.05, 3.63) is 28.8 Å². The maximum absolute atomic E-state index is 13.1. The molecule has 0 N–H and O–H groups in total. The lowest BCUT2D eigenvalue weighted by molar-refractivity contribution is -0.132. The second-order valence-electron chi connectivity index (χ2n) is 7.04. The second-order valence-corrected chi connectivity index (χ2v) is 7.04. The molecule has 2 aliphatic rings. The molecule has 24 heavy (non-hydrogen) atoms. The summed E-state index contributed by atoms with van der Waals surface area (Å²) in [7, 11) is 0. The Hall–Kier alpha value is -2.11. The molecule has 0 bridgehead atoms. The molecule has 3 heterocycles. The van der Waals surface area contributed by atoms with Crippen LogP contribution in [0.5, 0.6) is 0 Å². The van der Waals surface area contributed by atoms with Crippen molar-refractivity contribution in [2.24, 2.45) is 5.92 Å². The van der Waals surface area contributed by atoms with Crippen LogP contribution in [0.25, 0.3) is 11.2 Å². The molecule has 0 spiro atoms. The van der Waals surface area contributed by atoms with Gasteiger partial charge in [-0.15, -0.1) is 0 Å². The summed E-state index contributed by atoms with van der Waals surface area (Å²) in [4.78, 5) is 31.5. The van der Waals surface area contributed by atoms with Gasteiger partial charge in [0, 0.05) is 32.3 Å². The minimum atomic E-state index is 0.0274. The Balaban J connectivity index is 1.74. The molecule has 1 amide bonds. The number of fused-ring (bicyclic) bond motifs is 1. The fourth-order valence-corrected chi connectivity index (χ4v) is 3.79. The van der Waals surface area contributed by atoms with E-state index < -0.39 is 0 Å². The first-order chi connectivity index (χ1) is 11.7. The highest BCUT2D eigenvalue weighted by atomic mass is 16.2. The maximum Gasteiger partial charge on any atom is 0.330 e. The Morgan fingerprint density at radius 1 is 1.33 bits per heavy atom. The minimum absolute atomic E-state index is 0.0274. The van der Waals surface area contributed by atoms with E-state index in [1.807, 2.05) is 33.1 Å². The average Bonchev–Trinajstić information content (AvgIpc) is 3.39. The Labute approximate surface area is 141 Å². The van der Waals surface area contributed by atoms with Gasteiger partial charge in [-0.05, 0) is 43.7 Å². The van der Waals surface area contributed by atoms with Crippen molar-refractivity contribution in [2.75, 3.05) is 13.1 Å². The highest BCUT2D eigenvalue weighted by molar-refractivity contribution is 5.76. The number of hydrogen-bond acceptors (Lipinski definition) is 3. The summed E-state index contributed by atoms with van der Waals surface area (Å²) in [6.45, 7) is 4.09. The van der Waals surface area contributed by atoms with E-state index in [9.17, 15) is 9.59 Å². The molecule has 0 unspecified atom stereocenters. The van der Waals surface area contributed by atoms with Gasteiger partial charge in [0.25, 0.3) is 0 Å². The van der Waals surface area contributed by atoms with Gasteiger partial charge in [0.15, 0.2) is 5.65 Å². The summed E-state index contributed by atoms with van der Waals surface area (Å²) in [5, 5.41) is 0. The quantitative estimate of drug-likeness (QED) is 0.864. The van der Waals surface area contributed by atoms with E-state index in [2.05, 4.69) is 4.98 Å². The molecule has 1 saturated heterocycles. The van der Waals surface area contributed by atoms with Crippen LogP contribution in [0.2, 0.25) is 0 Å². The fraction of sp³-hybridized carbons (Fsp3) is 0.611. The van der Waals surface area contributed by atoms with Gasteiger partial charge in [-0.3, -0.25) is 13.9 Å². The summed E-state index contributed by atoms with van der Waals surface area (Å²) in [5.74, 6) is 0.800. The molecule has 1 aliphatic heterocycles. The lowest BCUT2D eigenvalue weighted by atomic mass is 10.1. The van der Waals surface area contributed by atoms with Crippen LogP contribution in [0, 0.1) is 5.92 Å². The number of aromatic nitrogens is 3. The van der Waals surface area contributed by atoms with Crippen LogP contribution in [0.15, 0.2) is 23.1 Å². The van der Waals surface area contributed by atoms with Crippen molar-refractivity contribution in [2.45, 2.75) is 51.6 Å². The molecular formula is C18H24N4O2. The maximum atomic E-state index is 13.1. The summed E-state index contributed by atoms with van der Waals surface area (Å²) >= 11 is 0. The predicted octanol–water partition coefficient (Wildman–Crippen LogP) is 2.18. The predicted molar refractivity (Wildman–Crippen MR) is 91.9 cm³/mol. The molecule has 128 valence electrons. The molecule has 1 atom stereocenters. The summed E-state index contributed by atoms with van der Waals surface area (Å²) in [5.41, 5.74) is 1.72. The molecule has 0 aromatic carbocycles. The van der Waals surface area contributed by atoms with Crippen molar-refractivity contribution < 1.29 is 4.79 Å². The number of pyridine rings is 1. The zero-order chi connectivity index (χ0) is 16.7. The normalized spacial score (nSPS) is 21.4. The number of carbonyl (C=O) groups excluding carboxylic acids is 1. The third-order valence-electron chi connectivity index (χ3n) is 5.28. The highest BCUT2D eigenvalue weighted by Gasteiger charge is 2.30. The number of amides is 1. The van der Waals surface area contributed by atoms with Crippen LogP contribution < -0.4 is 5.69 Å². The molecule has 6 nitrogen and oxygen atoms in total. The van der Waals surface area contributed by atoms with E-state index in [-0.39, 0.29) is 17.6 Å². The van der Waals surface area contributed by atoms with E-state index in [0.717, 1.165) is 37.1 Å². The number of carbonyl (C=O) groups is 1. The zero-order valence-electron chi connectivity index (χ0n) is 14.1. The van der Waals surface area contributed by atoms with E-state index in [0.29, 0.717) is 18.9 Å². The van der Waals surface area contributed by atoms with Gasteiger partial charge in [-0.2, -0.15) is 0 Å². The van der Waals surface area contributed by atoms with Gasteiger partial charge in [0.05, 0.1) is 11.6 Å². The smallest absolute Gasteiger partial charge is 0.330 e. The van der Waals surface area contributed by atoms with Crippen LogP contribution >= 0.6 is 0 Å². The zero-order valence-corrected chi connectivity index (χ0v) is 14.1. The van der Waals surface area contributed by atoms with E-state index in [4.69, 9.17) is 0 Å². The molecule has 1 saturated carbocycles. The molecule has 4 rings (SSSR count). The third-order valence-corrected chi connectivity index (χ3v) is 5.28. The molecule has 2 aromatic heterocycles. The van der Waals surface area contributed by atoms with Gasteiger partial charge in [0.2, 0.25) is 5.91 Å². The number of rotatable bonds is 4. The lowest BCUT2D eigenvalue weighted by Gasteiger charge is -2.33. The van der Waals surface area contributed by atoms with Crippen molar-refractivity contribution in [3.63, 3.8) is 0 Å². The van der Waals surface area contributed by atoms with Crippen molar-refractivity contribution >= 4 is 17.1 Å². The molecule has 0 radical (unpaired) electrons. The van der Waals surface area contributed by atoms with Crippen LogP contribution in [0.1, 0.15) is 45.1 Å². The third kappa shape index (κ3) is 2.64. The van der Waals surface area contributed by atoms with Crippen molar-refractivity contribution in [1.82, 2.24) is 19.0 Å². The van der Waals surface area contributed by atoms with E-state index in [1.54, 1.807) is 6.20 Å². The number of hydrogen-bond donors (Lipinski definition) is 0. The topological polar surface area (TPSA) is 60.1 Å². The molecule has 2 fully saturated rings. The summed E-state index contributed by atoms with van der Waals surface area (Å²) in [6, 6.07) is 3.91. The minimum Gasteiger partial charge on any atom is -0.341 e. The number of piperidine rings is 1. The monoisotopic (exact) mass is 328 g/mol. The van der Waals surface area contributed by atoms with Gasteiger partial charge in [0.1, 0.15) is 0 Å². The first-order valence-electron chi connectivity index (χ1n) is 9.02. The lowest BCUT2D eigenvalue weighted by Crippen LogP contribution is -2.42. The van der Waals surface area contributed by atoms with Crippen molar-refractivity contribution in [3.8, 4) is 0 Å². The van der Waals surface area contributed by atoms with Crippen molar-refractivity contribution in [1.29, 1.82) is 0 Å². The highest BCUT2D eigenvalue weighted by Crippen LogP contribution is 2.32. The molecule has 1 aliphatic carbocycles. The first-order valence-corrected chi connectivity index (χ1v) is 9.02. The average molecular weight is 328 g/mol. The first kappa shape index (κ1) is 15.4. The van der Waals surface area contributed by atoms with Gasteiger partial charge in [-0.25, -0.2) is 9.78 Å². The van der Waals surface area contributed by atoms with Crippen LogP contribution in [-0.4, -0.2) is 38.0 Å². The van der Waals surface area contributed by atoms with E-state index >= 15 is 0 Å². The molecule has 6 heteroatoms. The van der Waals surface area contributed by atoms with Crippen LogP contribution in [0.4, 0.5) is 0 Å². The van der Waals surface area contributed by atoms with Crippen LogP contribution in [0.3, 0.4) is 0 Å². The number of nitrogens with zero attached hydrogens (tertiary/aromatic N) is 4. The van der Waals surface area contributed by atoms with E-state index in [1.165, 1.54) is 12.8 Å². The Bertz CT molecular complexity index is 818. The summed E-state index contributed by atoms with van der Waals surface area (Å²) < 4.78 is 3.73. The largest absolute Gasteiger partial charge is 0.341 e. The SMILES string of the molecule is CCC(=O)N1CCC[C@H](n2c(=O)n(CC3CC3)c3cccnc32)C1. The molecular weight excluding hydrogens is 304 g/mol. The van der Waals surface area contributed by atoms with Gasteiger partial charge < -0.3 is 4.90 Å². The second kappa shape index (κ2) is 6.07. The Morgan fingerprint density at radius 2 is 2.17 bits per heavy atom. The molecule has 2 aromatic rings. The number of likely N-dealkylation sites (tertiary alicyclic amines) is 1.